The standard InChI is InChI=1S/C18H18F3N3O3/c1-24(2)15-8-5-12(18(19,20)21)9-14(15)23-16(25)10-27-13-6-3-11(4-7-13)17(22)26/h3-9H,10H2,1-2H3,(H2,22,26)(H,23,25). The zero-order chi connectivity index (χ0) is 20.2. The van der Waals surface area contributed by atoms with Crippen LogP contribution in [0.25, 0.3) is 0 Å². The Morgan fingerprint density at radius 2 is 1.74 bits per heavy atom. The van der Waals surface area contributed by atoms with Crippen molar-refractivity contribution in [2.75, 3.05) is 30.9 Å². The summed E-state index contributed by atoms with van der Waals surface area (Å²) in [6.07, 6.45) is -4.52. The van der Waals surface area contributed by atoms with E-state index in [4.69, 9.17) is 10.5 Å². The zero-order valence-corrected chi connectivity index (χ0v) is 14.6. The van der Waals surface area contributed by atoms with Crippen LogP contribution in [0.5, 0.6) is 5.75 Å². The third-order valence-electron chi connectivity index (χ3n) is 3.59. The minimum atomic E-state index is -4.52. The highest BCUT2D eigenvalue weighted by Crippen LogP contribution is 2.34. The molecule has 6 nitrogen and oxygen atoms in total. The van der Waals surface area contributed by atoms with E-state index in [1.807, 2.05) is 0 Å². The Balaban J connectivity index is 2.08. The normalized spacial score (nSPS) is 11.0. The number of halogens is 3. The van der Waals surface area contributed by atoms with Crippen LogP contribution in [0.15, 0.2) is 42.5 Å². The number of nitrogens with one attached hydrogen (secondary N) is 1. The van der Waals surface area contributed by atoms with Crippen molar-refractivity contribution in [2.24, 2.45) is 5.73 Å². The van der Waals surface area contributed by atoms with Gasteiger partial charge in [-0.05, 0) is 42.5 Å². The van der Waals surface area contributed by atoms with E-state index in [1.54, 1.807) is 19.0 Å². The van der Waals surface area contributed by atoms with Crippen molar-refractivity contribution in [2.45, 2.75) is 6.18 Å². The molecule has 0 heterocycles. The van der Waals surface area contributed by atoms with E-state index in [2.05, 4.69) is 5.32 Å². The van der Waals surface area contributed by atoms with Crippen LogP contribution in [0.2, 0.25) is 0 Å². The van der Waals surface area contributed by atoms with Gasteiger partial charge in [0.2, 0.25) is 5.91 Å². The first-order chi connectivity index (χ1) is 12.6. The molecular formula is C18H18F3N3O3. The van der Waals surface area contributed by atoms with Crippen molar-refractivity contribution < 1.29 is 27.5 Å². The lowest BCUT2D eigenvalue weighted by molar-refractivity contribution is -0.137. The Morgan fingerprint density at radius 1 is 1.11 bits per heavy atom. The number of carbonyl (C=O) groups is 2. The fraction of sp³-hybridized carbons (Fsp3) is 0.222. The highest BCUT2D eigenvalue weighted by atomic mass is 19.4. The average molecular weight is 381 g/mol. The number of hydrogen-bond donors (Lipinski definition) is 2. The number of amides is 2. The van der Waals surface area contributed by atoms with E-state index in [1.165, 1.54) is 30.3 Å². The summed E-state index contributed by atoms with van der Waals surface area (Å²) in [6, 6.07) is 8.89. The van der Waals surface area contributed by atoms with Crippen molar-refractivity contribution in [3.63, 3.8) is 0 Å². The lowest BCUT2D eigenvalue weighted by Crippen LogP contribution is -2.22. The number of ether oxygens (including phenoxy) is 1. The summed E-state index contributed by atoms with van der Waals surface area (Å²) < 4.78 is 44.0. The predicted octanol–water partition coefficient (Wildman–Crippen LogP) is 2.89. The van der Waals surface area contributed by atoms with Gasteiger partial charge in [-0.2, -0.15) is 13.2 Å². The van der Waals surface area contributed by atoms with E-state index in [0.717, 1.165) is 12.1 Å². The molecule has 0 aliphatic rings. The van der Waals surface area contributed by atoms with Crippen LogP contribution < -0.4 is 20.7 Å². The monoisotopic (exact) mass is 381 g/mol. The predicted molar refractivity (Wildman–Crippen MR) is 94.9 cm³/mol. The van der Waals surface area contributed by atoms with Crippen LogP contribution in [0.1, 0.15) is 15.9 Å². The highest BCUT2D eigenvalue weighted by Gasteiger charge is 2.31. The van der Waals surface area contributed by atoms with Gasteiger partial charge in [0.1, 0.15) is 5.75 Å². The van der Waals surface area contributed by atoms with Gasteiger partial charge in [0, 0.05) is 19.7 Å². The molecule has 2 rings (SSSR count). The molecule has 0 aromatic heterocycles. The molecule has 2 aromatic carbocycles. The summed E-state index contributed by atoms with van der Waals surface area (Å²) in [6.45, 7) is -0.418. The SMILES string of the molecule is CN(C)c1ccc(C(F)(F)F)cc1NC(=O)COc1ccc(C(N)=O)cc1. The molecule has 9 heteroatoms. The smallest absolute Gasteiger partial charge is 0.416 e. The minimum absolute atomic E-state index is 0.0208. The highest BCUT2D eigenvalue weighted by molar-refractivity contribution is 5.95. The van der Waals surface area contributed by atoms with E-state index in [-0.39, 0.29) is 11.3 Å². The van der Waals surface area contributed by atoms with Gasteiger partial charge in [0.05, 0.1) is 16.9 Å². The first-order valence-electron chi connectivity index (χ1n) is 7.79. The summed E-state index contributed by atoms with van der Waals surface area (Å²) >= 11 is 0. The minimum Gasteiger partial charge on any atom is -0.484 e. The third-order valence-corrected chi connectivity index (χ3v) is 3.59. The molecule has 3 N–H and O–H groups in total. The second-order valence-electron chi connectivity index (χ2n) is 5.85. The molecule has 0 fully saturated rings. The molecular weight excluding hydrogens is 363 g/mol. The molecule has 0 radical (unpaired) electrons. The van der Waals surface area contributed by atoms with E-state index < -0.39 is 30.2 Å². The first kappa shape index (κ1) is 20.1. The van der Waals surface area contributed by atoms with Gasteiger partial charge in [-0.1, -0.05) is 0 Å². The molecule has 2 aromatic rings. The van der Waals surface area contributed by atoms with Gasteiger partial charge in [-0.15, -0.1) is 0 Å². The summed E-state index contributed by atoms with van der Waals surface area (Å²) in [4.78, 5) is 24.7. The van der Waals surface area contributed by atoms with Crippen LogP contribution in [0.3, 0.4) is 0 Å². The van der Waals surface area contributed by atoms with Crippen LogP contribution in [-0.4, -0.2) is 32.5 Å². The maximum atomic E-state index is 12.9. The number of alkyl halides is 3. The van der Waals surface area contributed by atoms with Crippen LogP contribution in [-0.2, 0) is 11.0 Å². The Labute approximate surface area is 153 Å². The zero-order valence-electron chi connectivity index (χ0n) is 14.6. The van der Waals surface area contributed by atoms with Crippen LogP contribution in [0.4, 0.5) is 24.5 Å². The lowest BCUT2D eigenvalue weighted by Gasteiger charge is -2.20. The van der Waals surface area contributed by atoms with Gasteiger partial charge < -0.3 is 20.7 Å². The van der Waals surface area contributed by atoms with Crippen molar-refractivity contribution in [3.8, 4) is 5.75 Å². The number of rotatable bonds is 6. The Morgan fingerprint density at radius 3 is 2.26 bits per heavy atom. The fourth-order valence-electron chi connectivity index (χ4n) is 2.25. The van der Waals surface area contributed by atoms with Crippen molar-refractivity contribution >= 4 is 23.2 Å². The van der Waals surface area contributed by atoms with Gasteiger partial charge in [0.15, 0.2) is 6.61 Å². The molecule has 0 aliphatic heterocycles. The molecule has 0 unspecified atom stereocenters. The number of benzene rings is 2. The Bertz CT molecular complexity index is 834. The summed E-state index contributed by atoms with van der Waals surface area (Å²) in [7, 11) is 3.30. The second-order valence-corrected chi connectivity index (χ2v) is 5.85. The number of primary amides is 1. The van der Waals surface area contributed by atoms with E-state index >= 15 is 0 Å². The number of nitrogens with zero attached hydrogens (tertiary/aromatic N) is 1. The van der Waals surface area contributed by atoms with Crippen molar-refractivity contribution in [1.29, 1.82) is 0 Å². The second kappa shape index (κ2) is 7.98. The van der Waals surface area contributed by atoms with Crippen molar-refractivity contribution in [1.82, 2.24) is 0 Å². The number of hydrogen-bond acceptors (Lipinski definition) is 4. The molecule has 0 bridgehead atoms. The quantitative estimate of drug-likeness (QED) is 0.806. The van der Waals surface area contributed by atoms with Gasteiger partial charge in [0.25, 0.3) is 5.91 Å². The Hall–Kier alpha value is -3.23. The van der Waals surface area contributed by atoms with Gasteiger partial charge in [-0.3, -0.25) is 9.59 Å². The molecule has 27 heavy (non-hydrogen) atoms. The molecule has 0 atom stereocenters. The lowest BCUT2D eigenvalue weighted by atomic mass is 10.1. The molecule has 0 saturated heterocycles. The Kier molecular flexibility index (Phi) is 5.94. The molecule has 0 spiro atoms. The molecule has 2 amide bonds. The number of nitrogens with two attached hydrogens (primary N) is 1. The maximum Gasteiger partial charge on any atom is 0.416 e. The third kappa shape index (κ3) is 5.37. The van der Waals surface area contributed by atoms with Crippen LogP contribution >= 0.6 is 0 Å². The van der Waals surface area contributed by atoms with Gasteiger partial charge in [-0.25, -0.2) is 0 Å². The molecule has 144 valence electrons. The largest absolute Gasteiger partial charge is 0.484 e. The number of carbonyl (C=O) groups excluding carboxylic acids is 2. The first-order valence-corrected chi connectivity index (χ1v) is 7.79. The van der Waals surface area contributed by atoms with Crippen molar-refractivity contribution in [3.05, 3.63) is 53.6 Å². The summed E-state index contributed by atoms with van der Waals surface area (Å²) in [5, 5.41) is 2.42. The summed E-state index contributed by atoms with van der Waals surface area (Å²) in [5.41, 5.74) is 4.98. The fourth-order valence-corrected chi connectivity index (χ4v) is 2.25. The molecule has 0 aliphatic carbocycles. The summed E-state index contributed by atoms with van der Waals surface area (Å²) in [5.74, 6) is -0.913. The van der Waals surface area contributed by atoms with E-state index in [0.29, 0.717) is 11.4 Å². The van der Waals surface area contributed by atoms with Gasteiger partial charge >= 0.3 is 6.18 Å². The van der Waals surface area contributed by atoms with E-state index in [9.17, 15) is 22.8 Å². The topological polar surface area (TPSA) is 84.7 Å². The van der Waals surface area contributed by atoms with Crippen LogP contribution in [0, 0.1) is 0 Å². The maximum absolute atomic E-state index is 12.9. The number of anilines is 2. The average Bonchev–Trinajstić information content (AvgIpc) is 2.59. The molecule has 0 saturated carbocycles.